The molecule has 0 fully saturated rings. The predicted octanol–water partition coefficient (Wildman–Crippen LogP) is -2.81. The normalized spacial score (nSPS) is 11.1. The number of anilines is 2. The molecule has 0 atom stereocenters. The van der Waals surface area contributed by atoms with E-state index in [2.05, 4.69) is 29.7 Å². The number of para-hydroxylation sites is 1. The number of sulfonamides is 1. The summed E-state index contributed by atoms with van der Waals surface area (Å²) in [7, 11) is -0.672. The molecule has 1 amide bonds. The number of amides is 1. The summed E-state index contributed by atoms with van der Waals surface area (Å²) in [6.45, 7) is 0. The molecule has 0 saturated heterocycles. The van der Waals surface area contributed by atoms with E-state index >= 15 is 0 Å². The van der Waals surface area contributed by atoms with E-state index in [1.54, 1.807) is 0 Å². The van der Waals surface area contributed by atoms with Crippen molar-refractivity contribution in [3.63, 3.8) is 0 Å². The van der Waals surface area contributed by atoms with Gasteiger partial charge in [-0.15, -0.1) is 0 Å². The van der Waals surface area contributed by atoms with Gasteiger partial charge in [0.15, 0.2) is 0 Å². The summed E-state index contributed by atoms with van der Waals surface area (Å²) >= 11 is 0. The number of methoxy groups -OCH3 is 3. The van der Waals surface area contributed by atoms with Gasteiger partial charge in [-0.3, -0.25) is 5.32 Å². The number of carbonyl (C=O) groups excluding carboxylic acids is 1. The van der Waals surface area contributed by atoms with Crippen LogP contribution in [0.4, 0.5) is 16.4 Å². The molecule has 0 aliphatic rings. The van der Waals surface area contributed by atoms with Crippen molar-refractivity contribution in [1.82, 2.24) is 9.97 Å². The molecule has 1 heterocycles. The van der Waals surface area contributed by atoms with Crippen LogP contribution in [0, 0.1) is 0 Å². The van der Waals surface area contributed by atoms with Crippen molar-refractivity contribution in [3.05, 3.63) is 30.3 Å². The standard InChI is InChI=1S/C15H17N5O7S.Na/c1-25-11-8-12(26-2)18-13(17-11)19-14(21)20-28(23,24)10-7-5-4-6-9(10)16-15(22)27-3;/h4-8H,1-3H3,(H,16,22)(H2,17,18,19,20,21);/q;+1/p-1. The monoisotopic (exact) mass is 433 g/mol. The Hall–Kier alpha value is -2.61. The molecular formula is C15H16N5NaO7S. The molecule has 2 aromatic rings. The first kappa shape index (κ1) is 24.4. The van der Waals surface area contributed by atoms with Crippen LogP contribution in [0.5, 0.6) is 11.8 Å². The van der Waals surface area contributed by atoms with Gasteiger partial charge < -0.3 is 24.6 Å². The number of carbonyl (C=O) groups is 1. The van der Waals surface area contributed by atoms with Gasteiger partial charge in [0.1, 0.15) is 4.90 Å². The van der Waals surface area contributed by atoms with Gasteiger partial charge in [-0.2, -0.15) is 22.8 Å². The van der Waals surface area contributed by atoms with Crippen LogP contribution >= 0.6 is 0 Å². The fourth-order valence-corrected chi connectivity index (χ4v) is 2.91. The summed E-state index contributed by atoms with van der Waals surface area (Å²) in [6.07, 6.45) is -0.885. The van der Waals surface area contributed by atoms with E-state index in [0.717, 1.165) is 7.11 Å². The molecule has 29 heavy (non-hydrogen) atoms. The van der Waals surface area contributed by atoms with Crippen LogP contribution < -0.4 is 54.8 Å². The maximum Gasteiger partial charge on any atom is 1.00 e. The van der Waals surface area contributed by atoms with Gasteiger partial charge in [0.25, 0.3) is 10.0 Å². The van der Waals surface area contributed by atoms with Crippen molar-refractivity contribution in [3.8, 4) is 11.8 Å². The fraction of sp³-hybridized carbons (Fsp3) is 0.200. The maximum absolute atomic E-state index is 12.5. The van der Waals surface area contributed by atoms with Crippen molar-refractivity contribution >= 4 is 33.8 Å². The Labute approximate surface area is 188 Å². The molecule has 2 rings (SSSR count). The maximum atomic E-state index is 12.5. The van der Waals surface area contributed by atoms with Crippen molar-refractivity contribution in [2.24, 2.45) is 4.40 Å². The molecule has 0 unspecified atom stereocenters. The minimum absolute atomic E-state index is 0. The van der Waals surface area contributed by atoms with Crippen molar-refractivity contribution in [2.75, 3.05) is 32.0 Å². The molecule has 0 aliphatic carbocycles. The minimum atomic E-state index is -4.47. The van der Waals surface area contributed by atoms with Crippen LogP contribution in [-0.2, 0) is 14.8 Å². The summed E-state index contributed by atoms with van der Waals surface area (Å²) in [4.78, 5) is 18.6. The van der Waals surface area contributed by atoms with Gasteiger partial charge >= 0.3 is 35.7 Å². The van der Waals surface area contributed by atoms with E-state index in [0.29, 0.717) is 0 Å². The molecule has 0 radical (unpaired) electrons. The quantitative estimate of drug-likeness (QED) is 0.276. The van der Waals surface area contributed by atoms with Gasteiger partial charge in [0.05, 0.1) is 39.1 Å². The first-order chi connectivity index (χ1) is 13.3. The first-order valence-electron chi connectivity index (χ1n) is 7.49. The predicted molar refractivity (Wildman–Crippen MR) is 95.8 cm³/mol. The molecule has 12 nitrogen and oxygen atoms in total. The van der Waals surface area contributed by atoms with E-state index < -0.39 is 27.0 Å². The third-order valence-corrected chi connectivity index (χ3v) is 4.42. The van der Waals surface area contributed by atoms with Gasteiger partial charge in [0.2, 0.25) is 17.7 Å². The Morgan fingerprint density at radius 1 is 1.07 bits per heavy atom. The molecular weight excluding hydrogens is 417 g/mol. The third-order valence-electron chi connectivity index (χ3n) is 3.11. The summed E-state index contributed by atoms with van der Waals surface area (Å²) in [5, 5.41) is 16.4. The topological polar surface area (TPSA) is 164 Å². The number of nitrogens with zero attached hydrogens (tertiary/aromatic N) is 3. The second-order valence-electron chi connectivity index (χ2n) is 4.89. The minimum Gasteiger partial charge on any atom is -0.845 e. The summed E-state index contributed by atoms with van der Waals surface area (Å²) in [5.74, 6) is -0.114. The zero-order chi connectivity index (χ0) is 20.7. The first-order valence-corrected chi connectivity index (χ1v) is 8.93. The number of hydrogen-bond donors (Lipinski definition) is 2. The Kier molecular flexibility index (Phi) is 9.10. The van der Waals surface area contributed by atoms with Crippen LogP contribution in [0.1, 0.15) is 0 Å². The fourth-order valence-electron chi connectivity index (χ4n) is 1.90. The number of ether oxygens (including phenoxy) is 3. The number of aromatic nitrogens is 2. The largest absolute Gasteiger partial charge is 1.00 e. The van der Waals surface area contributed by atoms with Crippen LogP contribution in [0.25, 0.3) is 0 Å². The van der Waals surface area contributed by atoms with E-state index in [4.69, 9.17) is 9.47 Å². The summed E-state index contributed by atoms with van der Waals surface area (Å²) in [5.41, 5.74) is -0.106. The molecule has 2 N–H and O–H groups in total. The van der Waals surface area contributed by atoms with E-state index in [-0.39, 0.29) is 53.0 Å². The van der Waals surface area contributed by atoms with Crippen LogP contribution in [-0.4, -0.2) is 51.8 Å². The molecule has 0 bridgehead atoms. The van der Waals surface area contributed by atoms with Crippen LogP contribution in [0.15, 0.2) is 39.6 Å². The molecule has 1 aromatic carbocycles. The van der Waals surface area contributed by atoms with Gasteiger partial charge in [-0.05, 0) is 12.1 Å². The van der Waals surface area contributed by atoms with E-state index in [1.165, 1.54) is 44.6 Å². The molecule has 0 saturated carbocycles. The Bertz CT molecular complexity index is 978. The second-order valence-corrected chi connectivity index (χ2v) is 6.46. The number of nitrogens with one attached hydrogen (secondary N) is 2. The molecule has 1 aromatic heterocycles. The van der Waals surface area contributed by atoms with E-state index in [9.17, 15) is 18.3 Å². The summed E-state index contributed by atoms with van der Waals surface area (Å²) in [6, 6.07) is 5.47. The van der Waals surface area contributed by atoms with E-state index in [1.807, 2.05) is 0 Å². The van der Waals surface area contributed by atoms with Crippen LogP contribution in [0.3, 0.4) is 0 Å². The third kappa shape index (κ3) is 6.74. The smallest absolute Gasteiger partial charge is 0.845 e. The summed E-state index contributed by atoms with van der Waals surface area (Å²) < 4.78 is 42.4. The second kappa shape index (κ2) is 10.8. The molecule has 0 spiro atoms. The molecule has 150 valence electrons. The van der Waals surface area contributed by atoms with Crippen molar-refractivity contribution < 1.29 is 62.1 Å². The average Bonchev–Trinajstić information content (AvgIpc) is 2.67. The number of hydrogen-bond acceptors (Lipinski definition) is 9. The zero-order valence-corrected chi connectivity index (χ0v) is 18.8. The Morgan fingerprint density at radius 3 is 2.21 bits per heavy atom. The number of amidine groups is 1. The molecule has 0 aliphatic heterocycles. The van der Waals surface area contributed by atoms with Gasteiger partial charge in [0, 0.05) is 0 Å². The molecule has 14 heteroatoms. The van der Waals surface area contributed by atoms with Crippen molar-refractivity contribution in [2.45, 2.75) is 4.90 Å². The van der Waals surface area contributed by atoms with Crippen LogP contribution in [0.2, 0.25) is 0 Å². The SMILES string of the molecule is COC(=O)Nc1ccccc1S(=O)(=O)/N=C(\[O-])Nc1nc(OC)cc(OC)n1.[Na+]. The number of rotatable bonds is 6. The number of benzene rings is 1. The average molecular weight is 433 g/mol. The van der Waals surface area contributed by atoms with Gasteiger partial charge in [-0.25, -0.2) is 4.79 Å². The van der Waals surface area contributed by atoms with Gasteiger partial charge in [-0.1, -0.05) is 12.1 Å². The van der Waals surface area contributed by atoms with Crippen molar-refractivity contribution in [1.29, 1.82) is 0 Å². The zero-order valence-electron chi connectivity index (χ0n) is 16.0. The Balaban J connectivity index is 0.00000420. The Morgan fingerprint density at radius 2 is 1.66 bits per heavy atom.